The van der Waals surface area contributed by atoms with E-state index >= 15 is 0 Å². The molecule has 164 valence electrons. The zero-order valence-corrected chi connectivity index (χ0v) is 25.0. The molecule has 4 aromatic rings. The van der Waals surface area contributed by atoms with E-state index in [-0.39, 0.29) is 0 Å². The summed E-state index contributed by atoms with van der Waals surface area (Å²) in [5.41, 5.74) is 2.73. The van der Waals surface area contributed by atoms with E-state index in [4.69, 9.17) is 4.74 Å². The fourth-order valence-electron chi connectivity index (χ4n) is 3.12. The van der Waals surface area contributed by atoms with E-state index in [1.165, 1.54) is 0 Å². The van der Waals surface area contributed by atoms with Gasteiger partial charge >= 0.3 is 0 Å². The quantitative estimate of drug-likeness (QED) is 0.264. The Morgan fingerprint density at radius 1 is 0.935 bits per heavy atom. The highest BCUT2D eigenvalue weighted by molar-refractivity contribution is 14.1. The average Bonchev–Trinajstić information content (AvgIpc) is 3.31. The molecule has 0 bridgehead atoms. The number of fused-ring (bicyclic) bond motifs is 2. The number of hydrogen-bond donors (Lipinski definition) is 1. The van der Waals surface area contributed by atoms with Gasteiger partial charge in [-0.1, -0.05) is 0 Å². The Morgan fingerprint density at radius 2 is 1.52 bits per heavy atom. The molecule has 4 aromatic heterocycles. The molecular formula is C18H16Br3I2N7O. The molecule has 1 fully saturated rings. The summed E-state index contributed by atoms with van der Waals surface area (Å²) in [5, 5.41) is 12.1. The van der Waals surface area contributed by atoms with Gasteiger partial charge in [0.15, 0.2) is 11.3 Å². The lowest BCUT2D eigenvalue weighted by Gasteiger charge is -2.22. The molecule has 0 spiro atoms. The molecule has 0 amide bonds. The van der Waals surface area contributed by atoms with Crippen molar-refractivity contribution in [2.45, 2.75) is 12.8 Å². The standard InChI is InChI=1S/C12H14BrIN4O.C6H2Br2IN3/c13-10-5-9(12-16-7-11(14)18(12)17-10)15-6-8-1-3-19-4-2-8;7-3-1-4(8)11-12-5(9)2-10-6(3)12/h5,7-8,15H,1-4,6H2;1-2H. The van der Waals surface area contributed by atoms with Gasteiger partial charge in [0.2, 0.25) is 0 Å². The van der Waals surface area contributed by atoms with Crippen molar-refractivity contribution in [1.29, 1.82) is 0 Å². The number of anilines is 1. The number of halogens is 5. The van der Waals surface area contributed by atoms with E-state index in [9.17, 15) is 0 Å². The maximum Gasteiger partial charge on any atom is 0.178 e. The molecule has 5 rings (SSSR count). The minimum Gasteiger partial charge on any atom is -0.382 e. The molecule has 0 radical (unpaired) electrons. The van der Waals surface area contributed by atoms with E-state index in [2.05, 4.69) is 118 Å². The summed E-state index contributed by atoms with van der Waals surface area (Å²) in [4.78, 5) is 8.59. The molecule has 0 aromatic carbocycles. The van der Waals surface area contributed by atoms with E-state index in [0.29, 0.717) is 5.92 Å². The van der Waals surface area contributed by atoms with Gasteiger partial charge in [0.25, 0.3) is 0 Å². The van der Waals surface area contributed by atoms with Gasteiger partial charge < -0.3 is 10.1 Å². The van der Waals surface area contributed by atoms with Gasteiger partial charge in [-0.15, -0.1) is 0 Å². The molecule has 8 nitrogen and oxygen atoms in total. The number of nitrogens with zero attached hydrogens (tertiary/aromatic N) is 6. The van der Waals surface area contributed by atoms with Crippen molar-refractivity contribution >= 4 is 110 Å². The summed E-state index contributed by atoms with van der Waals surface area (Å²) in [7, 11) is 0. The van der Waals surface area contributed by atoms with Crippen LogP contribution in [0.2, 0.25) is 0 Å². The molecule has 13 heteroatoms. The third kappa shape index (κ3) is 5.88. The van der Waals surface area contributed by atoms with E-state index in [1.807, 2.05) is 22.8 Å². The molecule has 1 N–H and O–H groups in total. The lowest BCUT2D eigenvalue weighted by Crippen LogP contribution is -2.22. The van der Waals surface area contributed by atoms with Crippen LogP contribution in [0.1, 0.15) is 12.8 Å². The number of imidazole rings is 2. The molecule has 1 aliphatic heterocycles. The summed E-state index contributed by atoms with van der Waals surface area (Å²) in [6.45, 7) is 2.71. The van der Waals surface area contributed by atoms with Gasteiger partial charge in [-0.05, 0) is 124 Å². The van der Waals surface area contributed by atoms with Crippen LogP contribution in [0.15, 0.2) is 38.2 Å². The van der Waals surface area contributed by atoms with Crippen LogP contribution in [0.5, 0.6) is 0 Å². The van der Waals surface area contributed by atoms with E-state index in [1.54, 1.807) is 10.7 Å². The Morgan fingerprint density at radius 3 is 2.19 bits per heavy atom. The number of rotatable bonds is 3. The van der Waals surface area contributed by atoms with Gasteiger partial charge in [-0.3, -0.25) is 0 Å². The van der Waals surface area contributed by atoms with Crippen molar-refractivity contribution < 1.29 is 4.74 Å². The smallest absolute Gasteiger partial charge is 0.178 e. The average molecular weight is 840 g/mol. The van der Waals surface area contributed by atoms with Crippen LogP contribution in [-0.4, -0.2) is 49.0 Å². The largest absolute Gasteiger partial charge is 0.382 e. The first-order valence-electron chi connectivity index (χ1n) is 9.29. The van der Waals surface area contributed by atoms with Crippen LogP contribution in [-0.2, 0) is 4.74 Å². The number of hydrogen-bond acceptors (Lipinski definition) is 6. The summed E-state index contributed by atoms with van der Waals surface area (Å²) in [6, 6.07) is 3.86. The molecular weight excluding hydrogens is 824 g/mol. The van der Waals surface area contributed by atoms with Crippen LogP contribution in [0.4, 0.5) is 5.69 Å². The second-order valence-electron chi connectivity index (χ2n) is 6.77. The van der Waals surface area contributed by atoms with Crippen LogP contribution in [0, 0.1) is 13.3 Å². The summed E-state index contributed by atoms with van der Waals surface area (Å²) in [6.07, 6.45) is 5.86. The first-order valence-corrected chi connectivity index (χ1v) is 13.8. The van der Waals surface area contributed by atoms with Gasteiger partial charge in [-0.2, -0.15) is 10.2 Å². The third-order valence-corrected chi connectivity index (χ3v) is 7.50. The fourth-order valence-corrected chi connectivity index (χ4v) is 5.64. The highest BCUT2D eigenvalue weighted by atomic mass is 127. The number of nitrogens with one attached hydrogen (secondary N) is 1. The van der Waals surface area contributed by atoms with E-state index in [0.717, 1.165) is 70.7 Å². The minimum atomic E-state index is 0.676. The van der Waals surface area contributed by atoms with Crippen molar-refractivity contribution in [2.24, 2.45) is 5.92 Å². The molecule has 0 atom stereocenters. The normalized spacial score (nSPS) is 14.6. The molecule has 0 unspecified atom stereocenters. The molecule has 5 heterocycles. The van der Waals surface area contributed by atoms with Crippen molar-refractivity contribution in [3.05, 3.63) is 45.6 Å². The maximum absolute atomic E-state index is 5.38. The molecule has 0 aliphatic carbocycles. The summed E-state index contributed by atoms with van der Waals surface area (Å²) in [5.74, 6) is 0.676. The topological polar surface area (TPSA) is 81.6 Å². The van der Waals surface area contributed by atoms with Crippen molar-refractivity contribution in [2.75, 3.05) is 25.1 Å². The monoisotopic (exact) mass is 837 g/mol. The van der Waals surface area contributed by atoms with Crippen molar-refractivity contribution in [3.8, 4) is 0 Å². The Balaban J connectivity index is 0.000000166. The highest BCUT2D eigenvalue weighted by Gasteiger charge is 2.15. The first kappa shape index (κ1) is 24.0. The SMILES string of the molecule is Brc1cc(Br)c2ncc(I)n2n1.Brc1cc(NCC2CCOCC2)c2ncc(I)n2n1. The third-order valence-electron chi connectivity index (χ3n) is 4.67. The second kappa shape index (κ2) is 10.9. The van der Waals surface area contributed by atoms with Gasteiger partial charge in [-0.25, -0.2) is 19.0 Å². The molecule has 1 saturated heterocycles. The van der Waals surface area contributed by atoms with Crippen LogP contribution in [0.3, 0.4) is 0 Å². The minimum absolute atomic E-state index is 0.676. The molecule has 31 heavy (non-hydrogen) atoms. The van der Waals surface area contributed by atoms with Gasteiger partial charge in [0.1, 0.15) is 16.6 Å². The summed E-state index contributed by atoms with van der Waals surface area (Å²) < 4.78 is 13.5. The number of aromatic nitrogens is 6. The van der Waals surface area contributed by atoms with Gasteiger partial charge in [0, 0.05) is 19.8 Å². The van der Waals surface area contributed by atoms with Crippen molar-refractivity contribution in [1.82, 2.24) is 29.2 Å². The zero-order chi connectivity index (χ0) is 22.0. The predicted octanol–water partition coefficient (Wildman–Crippen LogP) is 5.79. The van der Waals surface area contributed by atoms with E-state index < -0.39 is 0 Å². The Kier molecular flexibility index (Phi) is 8.44. The lowest BCUT2D eigenvalue weighted by molar-refractivity contribution is 0.0699. The predicted molar refractivity (Wildman–Crippen MR) is 147 cm³/mol. The summed E-state index contributed by atoms with van der Waals surface area (Å²) >= 11 is 14.6. The van der Waals surface area contributed by atoms with Crippen LogP contribution >= 0.6 is 93.0 Å². The lowest BCUT2D eigenvalue weighted by atomic mass is 10.0. The molecule has 0 saturated carbocycles. The fraction of sp³-hybridized carbons (Fsp3) is 0.333. The Hall–Kier alpha value is -0.100. The Labute approximate surface area is 231 Å². The Bertz CT molecular complexity index is 1210. The second-order valence-corrected chi connectivity index (χ2v) is 11.5. The zero-order valence-electron chi connectivity index (χ0n) is 15.9. The highest BCUT2D eigenvalue weighted by Crippen LogP contribution is 2.23. The van der Waals surface area contributed by atoms with Crippen LogP contribution < -0.4 is 5.32 Å². The van der Waals surface area contributed by atoms with Gasteiger partial charge in [0.05, 0.1) is 22.6 Å². The molecule has 1 aliphatic rings. The maximum atomic E-state index is 5.38. The first-order chi connectivity index (χ1) is 14.9. The number of ether oxygens (including phenoxy) is 1. The van der Waals surface area contributed by atoms with Crippen LogP contribution in [0.25, 0.3) is 11.3 Å². The van der Waals surface area contributed by atoms with Crippen molar-refractivity contribution in [3.63, 3.8) is 0 Å².